The number of aryl methyl sites for hydroxylation is 1. The molecule has 2 aliphatic rings. The molecule has 2 heterocycles. The molecule has 1 aromatic rings. The third-order valence-corrected chi connectivity index (χ3v) is 5.31. The molecule has 0 saturated carbocycles. The molecule has 0 atom stereocenters. The van der Waals surface area contributed by atoms with E-state index in [4.69, 9.17) is 9.47 Å². The number of hydrogen-bond acceptors (Lipinski definition) is 4. The standard InChI is InChI=1S/C20H28N2O4/c1-25-18-5-2-16(3-6-18)4-7-19(23)21-10-8-17(9-11-21)20(24)22-12-14-26-15-13-22/h2-3,5-6,17H,4,7-15H2,1H3. The molecule has 0 unspecified atom stereocenters. The zero-order valence-corrected chi connectivity index (χ0v) is 15.5. The van der Waals surface area contributed by atoms with Crippen molar-refractivity contribution in [1.82, 2.24) is 9.80 Å². The smallest absolute Gasteiger partial charge is 0.225 e. The van der Waals surface area contributed by atoms with Gasteiger partial charge in [0, 0.05) is 38.5 Å². The second kappa shape index (κ2) is 9.03. The molecule has 2 amide bonds. The molecule has 3 rings (SSSR count). The van der Waals surface area contributed by atoms with Gasteiger partial charge in [-0.05, 0) is 37.0 Å². The Balaban J connectivity index is 1.42. The molecule has 1 aromatic carbocycles. The quantitative estimate of drug-likeness (QED) is 0.802. The van der Waals surface area contributed by atoms with Crippen LogP contribution < -0.4 is 4.74 Å². The third-order valence-electron chi connectivity index (χ3n) is 5.31. The Morgan fingerprint density at radius 2 is 1.69 bits per heavy atom. The molecule has 0 aliphatic carbocycles. The topological polar surface area (TPSA) is 59.1 Å². The Labute approximate surface area is 155 Å². The second-order valence-electron chi connectivity index (χ2n) is 6.94. The monoisotopic (exact) mass is 360 g/mol. The fourth-order valence-electron chi connectivity index (χ4n) is 3.62. The van der Waals surface area contributed by atoms with Gasteiger partial charge in [0.2, 0.25) is 11.8 Å². The van der Waals surface area contributed by atoms with E-state index in [0.717, 1.165) is 30.6 Å². The van der Waals surface area contributed by atoms with Gasteiger partial charge in [0.15, 0.2) is 0 Å². The summed E-state index contributed by atoms with van der Waals surface area (Å²) in [5.41, 5.74) is 1.14. The number of methoxy groups -OCH3 is 1. The molecule has 2 fully saturated rings. The van der Waals surface area contributed by atoms with E-state index in [1.807, 2.05) is 34.1 Å². The lowest BCUT2D eigenvalue weighted by molar-refractivity contribution is -0.143. The molecule has 2 aliphatic heterocycles. The van der Waals surface area contributed by atoms with Gasteiger partial charge in [-0.3, -0.25) is 9.59 Å². The summed E-state index contributed by atoms with van der Waals surface area (Å²) in [4.78, 5) is 28.8. The molecule has 0 bridgehead atoms. The lowest BCUT2D eigenvalue weighted by atomic mass is 9.94. The van der Waals surface area contributed by atoms with Crippen LogP contribution >= 0.6 is 0 Å². The minimum Gasteiger partial charge on any atom is -0.497 e. The van der Waals surface area contributed by atoms with Crippen LogP contribution in [0.1, 0.15) is 24.8 Å². The van der Waals surface area contributed by atoms with Crippen molar-refractivity contribution in [2.45, 2.75) is 25.7 Å². The maximum atomic E-state index is 12.5. The summed E-state index contributed by atoms with van der Waals surface area (Å²) >= 11 is 0. The maximum absolute atomic E-state index is 12.5. The highest BCUT2D eigenvalue weighted by Gasteiger charge is 2.30. The van der Waals surface area contributed by atoms with E-state index in [-0.39, 0.29) is 17.7 Å². The first kappa shape index (κ1) is 18.7. The maximum Gasteiger partial charge on any atom is 0.225 e. The van der Waals surface area contributed by atoms with Gasteiger partial charge in [0.1, 0.15) is 5.75 Å². The number of amides is 2. The average molecular weight is 360 g/mol. The number of rotatable bonds is 5. The molecule has 2 saturated heterocycles. The van der Waals surface area contributed by atoms with E-state index in [9.17, 15) is 9.59 Å². The van der Waals surface area contributed by atoms with Crippen LogP contribution in [0.4, 0.5) is 0 Å². The SMILES string of the molecule is COc1ccc(CCC(=O)N2CCC(C(=O)N3CCOCC3)CC2)cc1. The summed E-state index contributed by atoms with van der Waals surface area (Å²) in [6.07, 6.45) is 2.78. The zero-order valence-electron chi connectivity index (χ0n) is 15.5. The number of piperidine rings is 1. The normalized spacial score (nSPS) is 18.7. The van der Waals surface area contributed by atoms with Gasteiger partial charge in [0.05, 0.1) is 20.3 Å². The molecular formula is C20H28N2O4. The van der Waals surface area contributed by atoms with Crippen molar-refractivity contribution in [1.29, 1.82) is 0 Å². The van der Waals surface area contributed by atoms with Crippen LogP contribution in [-0.4, -0.2) is 68.1 Å². The Morgan fingerprint density at radius 3 is 2.31 bits per heavy atom. The lowest BCUT2D eigenvalue weighted by Gasteiger charge is -2.35. The Morgan fingerprint density at radius 1 is 1.04 bits per heavy atom. The van der Waals surface area contributed by atoms with Crippen molar-refractivity contribution in [3.05, 3.63) is 29.8 Å². The fourth-order valence-corrected chi connectivity index (χ4v) is 3.62. The van der Waals surface area contributed by atoms with Crippen LogP contribution in [0.3, 0.4) is 0 Å². The first-order valence-electron chi connectivity index (χ1n) is 9.44. The average Bonchev–Trinajstić information content (AvgIpc) is 2.72. The van der Waals surface area contributed by atoms with E-state index < -0.39 is 0 Å². The summed E-state index contributed by atoms with van der Waals surface area (Å²) in [6.45, 7) is 4.02. The van der Waals surface area contributed by atoms with Crippen LogP contribution in [0.5, 0.6) is 5.75 Å². The van der Waals surface area contributed by atoms with E-state index in [1.54, 1.807) is 7.11 Å². The van der Waals surface area contributed by atoms with Crippen molar-refractivity contribution in [2.24, 2.45) is 5.92 Å². The molecule has 0 aromatic heterocycles. The van der Waals surface area contributed by atoms with E-state index in [2.05, 4.69) is 0 Å². The summed E-state index contributed by atoms with van der Waals surface area (Å²) in [7, 11) is 1.64. The number of hydrogen-bond donors (Lipinski definition) is 0. The molecule has 142 valence electrons. The van der Waals surface area contributed by atoms with Crippen LogP contribution in [0.15, 0.2) is 24.3 Å². The second-order valence-corrected chi connectivity index (χ2v) is 6.94. The first-order chi connectivity index (χ1) is 12.7. The van der Waals surface area contributed by atoms with Gasteiger partial charge < -0.3 is 19.3 Å². The molecule has 0 radical (unpaired) electrons. The number of nitrogens with zero attached hydrogens (tertiary/aromatic N) is 2. The largest absolute Gasteiger partial charge is 0.497 e. The van der Waals surface area contributed by atoms with Crippen molar-refractivity contribution in [2.75, 3.05) is 46.5 Å². The summed E-state index contributed by atoms with van der Waals surface area (Å²) in [5.74, 6) is 1.29. The lowest BCUT2D eigenvalue weighted by Crippen LogP contribution is -2.47. The van der Waals surface area contributed by atoms with Gasteiger partial charge in [-0.2, -0.15) is 0 Å². The van der Waals surface area contributed by atoms with Crippen molar-refractivity contribution in [3.63, 3.8) is 0 Å². The van der Waals surface area contributed by atoms with Crippen molar-refractivity contribution >= 4 is 11.8 Å². The number of benzene rings is 1. The first-order valence-corrected chi connectivity index (χ1v) is 9.44. The predicted octanol–water partition coefficient (Wildman–Crippen LogP) is 1.73. The minimum absolute atomic E-state index is 0.0544. The number of morpholine rings is 1. The highest BCUT2D eigenvalue weighted by Crippen LogP contribution is 2.21. The molecule has 0 N–H and O–H groups in total. The number of likely N-dealkylation sites (tertiary alicyclic amines) is 1. The van der Waals surface area contributed by atoms with Gasteiger partial charge in [-0.15, -0.1) is 0 Å². The van der Waals surface area contributed by atoms with Gasteiger partial charge >= 0.3 is 0 Å². The number of carbonyl (C=O) groups is 2. The highest BCUT2D eigenvalue weighted by atomic mass is 16.5. The third kappa shape index (κ3) is 4.75. The summed E-state index contributed by atoms with van der Waals surface area (Å²) in [6, 6.07) is 7.84. The Bertz CT molecular complexity index is 603. The zero-order chi connectivity index (χ0) is 18.4. The van der Waals surface area contributed by atoms with Crippen LogP contribution in [-0.2, 0) is 20.7 Å². The van der Waals surface area contributed by atoms with Crippen LogP contribution in [0, 0.1) is 5.92 Å². The Hall–Kier alpha value is -2.08. The summed E-state index contributed by atoms with van der Waals surface area (Å²) < 4.78 is 10.5. The van der Waals surface area contributed by atoms with E-state index in [1.165, 1.54) is 0 Å². The van der Waals surface area contributed by atoms with Crippen molar-refractivity contribution in [3.8, 4) is 5.75 Å². The van der Waals surface area contributed by atoms with Crippen LogP contribution in [0.2, 0.25) is 0 Å². The number of ether oxygens (including phenoxy) is 2. The fraction of sp³-hybridized carbons (Fsp3) is 0.600. The summed E-state index contributed by atoms with van der Waals surface area (Å²) in [5, 5.41) is 0. The van der Waals surface area contributed by atoms with Crippen molar-refractivity contribution < 1.29 is 19.1 Å². The predicted molar refractivity (Wildman–Crippen MR) is 98.0 cm³/mol. The Kier molecular flexibility index (Phi) is 6.50. The minimum atomic E-state index is 0.0544. The molecule has 6 nitrogen and oxygen atoms in total. The van der Waals surface area contributed by atoms with Gasteiger partial charge in [-0.1, -0.05) is 12.1 Å². The molecule has 26 heavy (non-hydrogen) atoms. The van der Waals surface area contributed by atoms with Crippen LogP contribution in [0.25, 0.3) is 0 Å². The molecular weight excluding hydrogens is 332 g/mol. The van der Waals surface area contributed by atoms with E-state index >= 15 is 0 Å². The molecule has 0 spiro atoms. The highest BCUT2D eigenvalue weighted by molar-refractivity contribution is 5.80. The number of carbonyl (C=O) groups excluding carboxylic acids is 2. The molecule has 6 heteroatoms. The van der Waals surface area contributed by atoms with Gasteiger partial charge in [0.25, 0.3) is 0 Å². The van der Waals surface area contributed by atoms with Gasteiger partial charge in [-0.25, -0.2) is 0 Å². The van der Waals surface area contributed by atoms with E-state index in [0.29, 0.717) is 45.8 Å².